The van der Waals surface area contributed by atoms with E-state index in [4.69, 9.17) is 9.47 Å². The number of nitrogens with zero attached hydrogens (tertiary/aromatic N) is 2. The van der Waals surface area contributed by atoms with E-state index in [1.165, 1.54) is 0 Å². The van der Waals surface area contributed by atoms with Crippen molar-refractivity contribution in [1.82, 2.24) is 10.2 Å². The molecule has 5 rings (SSSR count). The van der Waals surface area contributed by atoms with Gasteiger partial charge in [-0.2, -0.15) is 8.42 Å². The molecule has 3 heterocycles. The maximum Gasteiger partial charge on any atom is 0.285 e. The maximum absolute atomic E-state index is 12.8. The summed E-state index contributed by atoms with van der Waals surface area (Å²) in [5, 5.41) is 2.97. The molecule has 3 aliphatic heterocycles. The zero-order chi connectivity index (χ0) is 21.4. The maximum atomic E-state index is 12.8. The molecule has 0 spiro atoms. The number of nitrogens with one attached hydrogen (secondary N) is 1. The van der Waals surface area contributed by atoms with Gasteiger partial charge in [0.15, 0.2) is 17.3 Å². The number of hydrogen-bond acceptors (Lipinski definition) is 6. The SMILES string of the molecule is O=C(NC[C@@H]1COc2ccccc2O1)[C@H]1CCCN(C2=NS(=O)(=O)c3ccccc32)C1. The fourth-order valence-electron chi connectivity index (χ4n) is 4.22. The van der Waals surface area contributed by atoms with E-state index in [1.54, 1.807) is 24.3 Å². The van der Waals surface area contributed by atoms with Crippen molar-refractivity contribution >= 4 is 21.8 Å². The van der Waals surface area contributed by atoms with Gasteiger partial charge in [-0.3, -0.25) is 4.79 Å². The van der Waals surface area contributed by atoms with E-state index < -0.39 is 10.0 Å². The molecule has 0 radical (unpaired) electrons. The van der Waals surface area contributed by atoms with Crippen LogP contribution in [0.5, 0.6) is 11.5 Å². The number of benzene rings is 2. The van der Waals surface area contributed by atoms with Crippen LogP contribution in [0.2, 0.25) is 0 Å². The van der Waals surface area contributed by atoms with Gasteiger partial charge in [0.2, 0.25) is 5.91 Å². The third-order valence-corrected chi connectivity index (χ3v) is 7.10. The quantitative estimate of drug-likeness (QED) is 0.780. The molecule has 2 atom stereocenters. The summed E-state index contributed by atoms with van der Waals surface area (Å²) in [6, 6.07) is 14.3. The van der Waals surface area contributed by atoms with Gasteiger partial charge in [-0.25, -0.2) is 0 Å². The van der Waals surface area contributed by atoms with Crippen LogP contribution >= 0.6 is 0 Å². The van der Waals surface area contributed by atoms with Crippen molar-refractivity contribution in [2.24, 2.45) is 10.3 Å². The molecular weight excluding hydrogens is 418 g/mol. The smallest absolute Gasteiger partial charge is 0.285 e. The standard InChI is InChI=1S/C22H23N3O5S/c26-22(23-12-16-14-29-18-8-2-3-9-19(18)30-16)15-6-5-11-25(13-15)21-17-7-1-4-10-20(17)31(27,28)24-21/h1-4,7-10,15-16H,5-6,11-14H2,(H,23,26)/t15-,16+/m0/s1. The number of likely N-dealkylation sites (tertiary alicyclic amines) is 1. The van der Waals surface area contributed by atoms with Crippen LogP contribution in [0, 0.1) is 5.92 Å². The minimum Gasteiger partial charge on any atom is -0.486 e. The molecule has 0 aromatic heterocycles. The second kappa shape index (κ2) is 7.88. The minimum absolute atomic E-state index is 0.0677. The van der Waals surface area contributed by atoms with Crippen LogP contribution < -0.4 is 14.8 Å². The van der Waals surface area contributed by atoms with E-state index in [-0.39, 0.29) is 22.8 Å². The number of ether oxygens (including phenoxy) is 2. The highest BCUT2D eigenvalue weighted by Gasteiger charge is 2.35. The topological polar surface area (TPSA) is 97.3 Å². The lowest BCUT2D eigenvalue weighted by Gasteiger charge is -2.34. The van der Waals surface area contributed by atoms with Crippen molar-refractivity contribution in [2.45, 2.75) is 23.8 Å². The highest BCUT2D eigenvalue weighted by molar-refractivity contribution is 7.90. The lowest BCUT2D eigenvalue weighted by atomic mass is 9.96. The predicted molar refractivity (Wildman–Crippen MR) is 114 cm³/mol. The summed E-state index contributed by atoms with van der Waals surface area (Å²) in [6.45, 7) is 1.82. The first-order chi connectivity index (χ1) is 15.0. The van der Waals surface area contributed by atoms with Crippen LogP contribution in [0.3, 0.4) is 0 Å². The summed E-state index contributed by atoms with van der Waals surface area (Å²) in [7, 11) is -3.68. The van der Waals surface area contributed by atoms with Crippen LogP contribution in [0.15, 0.2) is 57.8 Å². The molecule has 2 aromatic carbocycles. The Morgan fingerprint density at radius 3 is 2.77 bits per heavy atom. The number of carbonyl (C=O) groups is 1. The van der Waals surface area contributed by atoms with Gasteiger partial charge in [0.05, 0.1) is 12.5 Å². The van der Waals surface area contributed by atoms with E-state index in [0.29, 0.717) is 49.1 Å². The van der Waals surface area contributed by atoms with E-state index in [0.717, 1.165) is 12.8 Å². The highest BCUT2D eigenvalue weighted by atomic mass is 32.2. The third-order valence-electron chi connectivity index (χ3n) is 5.78. The average molecular weight is 442 g/mol. The number of amides is 1. The van der Waals surface area contributed by atoms with Crippen LogP contribution in [0.4, 0.5) is 0 Å². The lowest BCUT2D eigenvalue weighted by molar-refractivity contribution is -0.126. The normalized spacial score (nSPS) is 23.6. The summed E-state index contributed by atoms with van der Waals surface area (Å²) in [5.41, 5.74) is 0.606. The molecule has 3 aliphatic rings. The van der Waals surface area contributed by atoms with Crippen LogP contribution in [0.25, 0.3) is 0 Å². The molecule has 162 valence electrons. The number of amidine groups is 1. The third kappa shape index (κ3) is 3.85. The molecule has 8 nitrogen and oxygen atoms in total. The van der Waals surface area contributed by atoms with Crippen LogP contribution in [-0.2, 0) is 14.8 Å². The van der Waals surface area contributed by atoms with E-state index >= 15 is 0 Å². The monoisotopic (exact) mass is 441 g/mol. The first-order valence-corrected chi connectivity index (χ1v) is 11.8. The van der Waals surface area contributed by atoms with E-state index in [1.807, 2.05) is 29.2 Å². The van der Waals surface area contributed by atoms with Crippen molar-refractivity contribution in [2.75, 3.05) is 26.2 Å². The van der Waals surface area contributed by atoms with Crippen molar-refractivity contribution in [3.63, 3.8) is 0 Å². The summed E-state index contributed by atoms with van der Waals surface area (Å²) in [6.07, 6.45) is 1.28. The molecule has 1 N–H and O–H groups in total. The fourth-order valence-corrected chi connectivity index (χ4v) is 5.45. The van der Waals surface area contributed by atoms with Crippen molar-refractivity contribution in [3.8, 4) is 11.5 Å². The second-order valence-corrected chi connectivity index (χ2v) is 9.49. The Morgan fingerprint density at radius 1 is 1.13 bits per heavy atom. The summed E-state index contributed by atoms with van der Waals surface area (Å²) < 4.78 is 40.3. The Balaban J connectivity index is 1.22. The van der Waals surface area contributed by atoms with Gasteiger partial charge in [0.25, 0.3) is 10.0 Å². The molecule has 0 unspecified atom stereocenters. The first-order valence-electron chi connectivity index (χ1n) is 10.4. The molecular formula is C22H23N3O5S. The molecule has 1 saturated heterocycles. The Bertz CT molecular complexity index is 1150. The van der Waals surface area contributed by atoms with Crippen molar-refractivity contribution in [1.29, 1.82) is 0 Å². The summed E-state index contributed by atoms with van der Waals surface area (Å²) >= 11 is 0. The zero-order valence-corrected chi connectivity index (χ0v) is 17.7. The Morgan fingerprint density at radius 2 is 1.90 bits per heavy atom. The molecule has 0 aliphatic carbocycles. The number of sulfonamides is 1. The number of piperidine rings is 1. The molecule has 0 saturated carbocycles. The highest BCUT2D eigenvalue weighted by Crippen LogP contribution is 2.31. The largest absolute Gasteiger partial charge is 0.486 e. The van der Waals surface area contributed by atoms with Gasteiger partial charge >= 0.3 is 0 Å². The Labute approximate surface area is 180 Å². The molecule has 1 fully saturated rings. The number of fused-ring (bicyclic) bond motifs is 2. The molecule has 31 heavy (non-hydrogen) atoms. The first kappa shape index (κ1) is 19.9. The molecule has 9 heteroatoms. The number of rotatable bonds is 3. The van der Waals surface area contributed by atoms with Gasteiger partial charge in [-0.15, -0.1) is 4.40 Å². The van der Waals surface area contributed by atoms with Gasteiger partial charge in [0, 0.05) is 18.7 Å². The predicted octanol–water partition coefficient (Wildman–Crippen LogP) is 1.80. The van der Waals surface area contributed by atoms with Crippen molar-refractivity contribution in [3.05, 3.63) is 54.1 Å². The fraction of sp³-hybridized carbons (Fsp3) is 0.364. The van der Waals surface area contributed by atoms with Crippen LogP contribution in [0.1, 0.15) is 18.4 Å². The van der Waals surface area contributed by atoms with Crippen LogP contribution in [-0.4, -0.2) is 57.4 Å². The Hall–Kier alpha value is -3.07. The minimum atomic E-state index is -3.68. The van der Waals surface area contributed by atoms with Gasteiger partial charge < -0.3 is 19.7 Å². The average Bonchev–Trinajstić information content (AvgIpc) is 3.08. The molecule has 2 aromatic rings. The number of hydrogen-bond donors (Lipinski definition) is 1. The zero-order valence-electron chi connectivity index (χ0n) is 16.9. The van der Waals surface area contributed by atoms with Crippen molar-refractivity contribution < 1.29 is 22.7 Å². The van der Waals surface area contributed by atoms with Gasteiger partial charge in [0.1, 0.15) is 17.6 Å². The second-order valence-electron chi connectivity index (χ2n) is 7.91. The number of para-hydroxylation sites is 2. The molecule has 0 bridgehead atoms. The van der Waals surface area contributed by atoms with Gasteiger partial charge in [-0.1, -0.05) is 24.3 Å². The summed E-state index contributed by atoms with van der Waals surface area (Å²) in [5.74, 6) is 1.51. The van der Waals surface area contributed by atoms with E-state index in [9.17, 15) is 13.2 Å². The molecule has 1 amide bonds. The van der Waals surface area contributed by atoms with Gasteiger partial charge in [-0.05, 0) is 37.1 Å². The Kier molecular flexibility index (Phi) is 5.05. The number of carbonyl (C=O) groups excluding carboxylic acids is 1. The summed E-state index contributed by atoms with van der Waals surface area (Å²) in [4.78, 5) is 15.0. The lowest BCUT2D eigenvalue weighted by Crippen LogP contribution is -2.48. The van der Waals surface area contributed by atoms with E-state index in [2.05, 4.69) is 9.71 Å².